The van der Waals surface area contributed by atoms with Crippen molar-refractivity contribution in [1.82, 2.24) is 15.3 Å². The molecule has 0 radical (unpaired) electrons. The Balaban J connectivity index is 1.54. The van der Waals surface area contributed by atoms with Crippen LogP contribution in [0.25, 0.3) is 11.0 Å². The Labute approximate surface area is 200 Å². The van der Waals surface area contributed by atoms with E-state index in [4.69, 9.17) is 9.47 Å². The summed E-state index contributed by atoms with van der Waals surface area (Å²) in [7, 11) is 1.30. The average molecular weight is 464 g/mol. The average Bonchev–Trinajstić information content (AvgIpc) is 2.78. The molecule has 0 aliphatic rings. The molecule has 7 heteroatoms. The van der Waals surface area contributed by atoms with Gasteiger partial charge in [-0.3, -0.25) is 0 Å². The first-order valence-electron chi connectivity index (χ1n) is 11.5. The van der Waals surface area contributed by atoms with Gasteiger partial charge in [-0.05, 0) is 81.8 Å². The molecule has 0 saturated heterocycles. The van der Waals surface area contributed by atoms with Crippen LogP contribution in [0.3, 0.4) is 0 Å². The number of amides is 1. The van der Waals surface area contributed by atoms with Crippen LogP contribution in [0.1, 0.15) is 49.6 Å². The molecule has 1 N–H and O–H groups in total. The molecule has 0 bridgehead atoms. The molecule has 2 aromatic heterocycles. The smallest absolute Gasteiger partial charge is 0.408 e. The highest BCUT2D eigenvalue weighted by Crippen LogP contribution is 2.15. The summed E-state index contributed by atoms with van der Waals surface area (Å²) in [6, 6.07) is 13.5. The van der Waals surface area contributed by atoms with E-state index in [2.05, 4.69) is 45.6 Å². The maximum atomic E-state index is 12.2. The van der Waals surface area contributed by atoms with Crippen molar-refractivity contribution in [2.75, 3.05) is 7.11 Å². The van der Waals surface area contributed by atoms with Gasteiger partial charge in [-0.1, -0.05) is 24.3 Å². The molecule has 0 unspecified atom stereocenters. The molecule has 0 spiro atoms. The lowest BCUT2D eigenvalue weighted by Crippen LogP contribution is -2.45. The van der Waals surface area contributed by atoms with Gasteiger partial charge in [-0.15, -0.1) is 0 Å². The normalized spacial score (nSPS) is 12.3. The van der Waals surface area contributed by atoms with Crippen LogP contribution in [0.2, 0.25) is 0 Å². The predicted octanol–water partition coefficient (Wildman–Crippen LogP) is 4.72. The number of pyridine rings is 2. The van der Waals surface area contributed by atoms with Gasteiger partial charge in [-0.25, -0.2) is 19.6 Å². The Morgan fingerprint density at radius 2 is 1.74 bits per heavy atom. The fraction of sp³-hybridized carbons (Fsp3) is 0.407. The summed E-state index contributed by atoms with van der Waals surface area (Å²) in [4.78, 5) is 33.3. The first kappa shape index (κ1) is 25.1. The fourth-order valence-corrected chi connectivity index (χ4v) is 3.64. The highest BCUT2D eigenvalue weighted by atomic mass is 16.6. The van der Waals surface area contributed by atoms with Gasteiger partial charge >= 0.3 is 12.1 Å². The minimum absolute atomic E-state index is 0.319. The van der Waals surface area contributed by atoms with Crippen LogP contribution >= 0.6 is 0 Å². The molecule has 2 heterocycles. The van der Waals surface area contributed by atoms with E-state index in [1.165, 1.54) is 12.7 Å². The number of hydrogen-bond acceptors (Lipinski definition) is 6. The number of aromatic nitrogens is 2. The lowest BCUT2D eigenvalue weighted by Gasteiger charge is -2.22. The van der Waals surface area contributed by atoms with E-state index in [0.717, 1.165) is 47.1 Å². The molecule has 0 aliphatic carbocycles. The third-order valence-corrected chi connectivity index (χ3v) is 5.27. The van der Waals surface area contributed by atoms with Crippen LogP contribution in [0.15, 0.2) is 48.7 Å². The van der Waals surface area contributed by atoms with Gasteiger partial charge in [0.15, 0.2) is 5.65 Å². The first-order valence-corrected chi connectivity index (χ1v) is 11.5. The summed E-state index contributed by atoms with van der Waals surface area (Å²) < 4.78 is 10.1. The zero-order chi connectivity index (χ0) is 24.7. The van der Waals surface area contributed by atoms with Crippen LogP contribution in [-0.2, 0) is 33.5 Å². The molecule has 1 atom stereocenters. The van der Waals surface area contributed by atoms with E-state index in [-0.39, 0.29) is 0 Å². The van der Waals surface area contributed by atoms with E-state index < -0.39 is 23.7 Å². The Morgan fingerprint density at radius 3 is 2.41 bits per heavy atom. The van der Waals surface area contributed by atoms with Crippen molar-refractivity contribution in [3.8, 4) is 0 Å². The second-order valence-electron chi connectivity index (χ2n) is 9.46. The molecule has 0 fully saturated rings. The van der Waals surface area contributed by atoms with Gasteiger partial charge in [0, 0.05) is 23.7 Å². The Bertz CT molecular complexity index is 1140. The maximum absolute atomic E-state index is 12.2. The Kier molecular flexibility index (Phi) is 8.21. The lowest BCUT2D eigenvalue weighted by molar-refractivity contribution is -0.143. The van der Waals surface area contributed by atoms with Crippen molar-refractivity contribution in [2.24, 2.45) is 0 Å². The largest absolute Gasteiger partial charge is 0.467 e. The number of rotatable bonds is 8. The van der Waals surface area contributed by atoms with Gasteiger partial charge < -0.3 is 14.8 Å². The number of benzene rings is 1. The molecule has 34 heavy (non-hydrogen) atoms. The molecular formula is C27H33N3O4. The highest BCUT2D eigenvalue weighted by Gasteiger charge is 2.25. The fourth-order valence-electron chi connectivity index (χ4n) is 3.64. The Hall–Kier alpha value is -3.48. The van der Waals surface area contributed by atoms with E-state index in [9.17, 15) is 9.59 Å². The summed E-state index contributed by atoms with van der Waals surface area (Å²) in [5.41, 5.74) is 4.43. The van der Waals surface area contributed by atoms with Gasteiger partial charge in [0.25, 0.3) is 0 Å². The first-order chi connectivity index (χ1) is 16.1. The van der Waals surface area contributed by atoms with E-state index >= 15 is 0 Å². The molecule has 1 amide bonds. The molecule has 1 aromatic carbocycles. The zero-order valence-corrected chi connectivity index (χ0v) is 20.6. The van der Waals surface area contributed by atoms with Crippen molar-refractivity contribution in [1.29, 1.82) is 0 Å². The van der Waals surface area contributed by atoms with E-state index in [1.807, 2.05) is 25.3 Å². The topological polar surface area (TPSA) is 90.4 Å². The third-order valence-electron chi connectivity index (χ3n) is 5.27. The summed E-state index contributed by atoms with van der Waals surface area (Å²) in [5, 5.41) is 3.67. The number of alkyl carbamates (subject to hydrolysis) is 1. The number of aryl methyl sites for hydroxylation is 3. The van der Waals surface area contributed by atoms with Crippen LogP contribution < -0.4 is 5.32 Å². The van der Waals surface area contributed by atoms with Crippen molar-refractivity contribution in [2.45, 2.75) is 65.0 Å². The van der Waals surface area contributed by atoms with Crippen LogP contribution in [0.4, 0.5) is 4.79 Å². The van der Waals surface area contributed by atoms with Crippen molar-refractivity contribution in [3.63, 3.8) is 0 Å². The minimum Gasteiger partial charge on any atom is -0.467 e. The van der Waals surface area contributed by atoms with E-state index in [0.29, 0.717) is 6.42 Å². The number of nitrogens with zero attached hydrogens (tertiary/aromatic N) is 2. The molecule has 0 saturated carbocycles. The van der Waals surface area contributed by atoms with Crippen LogP contribution in [0.5, 0.6) is 0 Å². The van der Waals surface area contributed by atoms with E-state index in [1.54, 1.807) is 20.8 Å². The quantitative estimate of drug-likeness (QED) is 0.486. The van der Waals surface area contributed by atoms with Crippen molar-refractivity contribution in [3.05, 3.63) is 71.0 Å². The Morgan fingerprint density at radius 1 is 1.03 bits per heavy atom. The second kappa shape index (κ2) is 11.1. The standard InChI is InChI=1S/C27H33N3O4/c1-18-15-21-13-14-22(29-24(21)28-17-18)8-6-7-19-9-11-20(12-10-19)16-23(25(31)33-5)30-26(32)34-27(2,3)4/h9-15,17,23H,6-8,16H2,1-5H3,(H,30,32)/t23-/m0/s1. The molecule has 3 aromatic rings. The van der Waals surface area contributed by atoms with Gasteiger partial charge in [0.1, 0.15) is 11.6 Å². The third kappa shape index (κ3) is 7.54. The van der Waals surface area contributed by atoms with Gasteiger partial charge in [0.05, 0.1) is 7.11 Å². The second-order valence-corrected chi connectivity index (χ2v) is 9.46. The summed E-state index contributed by atoms with van der Waals surface area (Å²) in [5.74, 6) is -0.512. The number of carbonyl (C=O) groups excluding carboxylic acids is 2. The number of ether oxygens (including phenoxy) is 2. The van der Waals surface area contributed by atoms with Gasteiger partial charge in [0.2, 0.25) is 0 Å². The van der Waals surface area contributed by atoms with Gasteiger partial charge in [-0.2, -0.15) is 0 Å². The number of fused-ring (bicyclic) bond motifs is 1. The lowest BCUT2D eigenvalue weighted by atomic mass is 10.0. The number of hydrogen-bond donors (Lipinski definition) is 1. The molecule has 3 rings (SSSR count). The number of nitrogens with one attached hydrogen (secondary N) is 1. The van der Waals surface area contributed by atoms with Crippen LogP contribution in [0, 0.1) is 6.92 Å². The molecule has 7 nitrogen and oxygen atoms in total. The molecular weight excluding hydrogens is 430 g/mol. The zero-order valence-electron chi connectivity index (χ0n) is 20.6. The monoisotopic (exact) mass is 463 g/mol. The van der Waals surface area contributed by atoms with Crippen LogP contribution in [-0.4, -0.2) is 40.8 Å². The minimum atomic E-state index is -0.818. The summed E-state index contributed by atoms with van der Waals surface area (Å²) >= 11 is 0. The highest BCUT2D eigenvalue weighted by molar-refractivity contribution is 5.81. The molecule has 0 aliphatic heterocycles. The number of esters is 1. The maximum Gasteiger partial charge on any atom is 0.408 e. The summed E-state index contributed by atoms with van der Waals surface area (Å²) in [6.07, 6.45) is 4.27. The number of methoxy groups -OCH3 is 1. The number of carbonyl (C=O) groups is 2. The SMILES string of the molecule is COC(=O)[C@H](Cc1ccc(CCCc2ccc3cc(C)cnc3n2)cc1)NC(=O)OC(C)(C)C. The predicted molar refractivity (Wildman–Crippen MR) is 132 cm³/mol. The molecule has 180 valence electrons. The summed E-state index contributed by atoms with van der Waals surface area (Å²) in [6.45, 7) is 7.34. The van der Waals surface area contributed by atoms with Crippen molar-refractivity contribution >= 4 is 23.1 Å². The van der Waals surface area contributed by atoms with Crippen molar-refractivity contribution < 1.29 is 19.1 Å².